The van der Waals surface area contributed by atoms with E-state index in [9.17, 15) is 14.7 Å². The summed E-state index contributed by atoms with van der Waals surface area (Å²) >= 11 is 1.56. The van der Waals surface area contributed by atoms with Crippen LogP contribution in [-0.2, 0) is 16.1 Å². The zero-order chi connectivity index (χ0) is 22.1. The fourth-order valence-corrected chi connectivity index (χ4v) is 4.19. The Hall–Kier alpha value is -2.36. The number of likely N-dealkylation sites (tertiary alicyclic amines) is 1. The van der Waals surface area contributed by atoms with Crippen LogP contribution in [0.3, 0.4) is 0 Å². The Bertz CT molecular complexity index is 906. The lowest BCUT2D eigenvalue weighted by Gasteiger charge is -2.32. The Morgan fingerprint density at radius 2 is 2.10 bits per heavy atom. The highest BCUT2D eigenvalue weighted by Crippen LogP contribution is 2.27. The summed E-state index contributed by atoms with van der Waals surface area (Å²) < 4.78 is 0. The zero-order valence-electron chi connectivity index (χ0n) is 17.8. The van der Waals surface area contributed by atoms with E-state index in [1.54, 1.807) is 23.0 Å². The summed E-state index contributed by atoms with van der Waals surface area (Å²) in [5.41, 5.74) is 10.1. The van der Waals surface area contributed by atoms with Gasteiger partial charge in [0.25, 0.3) is 0 Å². The lowest BCUT2D eigenvalue weighted by molar-refractivity contribution is -0.141. The number of aryl methyl sites for hydroxylation is 1. The maximum absolute atomic E-state index is 12.8. The number of carbonyl (C=O) groups excluding carboxylic acids is 2. The van der Waals surface area contributed by atoms with Gasteiger partial charge >= 0.3 is 0 Å². The molecule has 0 saturated carbocycles. The number of nitrogens with zero attached hydrogens (tertiary/aromatic N) is 3. The van der Waals surface area contributed by atoms with Gasteiger partial charge in [0.05, 0.1) is 40.5 Å². The van der Waals surface area contributed by atoms with Gasteiger partial charge < -0.3 is 21.1 Å². The predicted octanol–water partition coefficient (Wildman–Crippen LogP) is 1.46. The van der Waals surface area contributed by atoms with Gasteiger partial charge in [0.1, 0.15) is 6.04 Å². The van der Waals surface area contributed by atoms with E-state index >= 15 is 0 Å². The molecule has 0 aromatic carbocycles. The second kappa shape index (κ2) is 8.79. The number of β-amino-alcohol motifs (C(OH)–C–C–N with tert-alkyl or cyclic N) is 1. The second-order valence-corrected chi connectivity index (χ2v) is 9.62. The molecule has 1 saturated heterocycles. The number of aromatic nitrogens is 2. The van der Waals surface area contributed by atoms with Gasteiger partial charge in [-0.15, -0.1) is 11.3 Å². The topological polar surface area (TPSA) is 121 Å². The standard InChI is InChI=1S/C21H29N5O3S/c1-12-17(30-11-25-12)13-5-6-14(23-8-13)9-24-19(28)16-7-15(27)10-26(16)20(29)18(22)21(2,3)4/h5-6,8,11,15-16,18,27H,7,9-10,22H2,1-4H3,(H,24,28)/t15-,16+,18-/m1/s1. The van der Waals surface area contributed by atoms with Crippen LogP contribution in [0.4, 0.5) is 0 Å². The molecule has 1 fully saturated rings. The highest BCUT2D eigenvalue weighted by Gasteiger charge is 2.42. The number of aliphatic hydroxyl groups excluding tert-OH is 1. The van der Waals surface area contributed by atoms with Crippen LogP contribution in [-0.4, -0.2) is 56.5 Å². The molecule has 2 aromatic rings. The molecular formula is C21H29N5O3S. The Balaban J connectivity index is 1.63. The molecule has 0 aliphatic carbocycles. The summed E-state index contributed by atoms with van der Waals surface area (Å²) in [5, 5.41) is 12.9. The average molecular weight is 432 g/mol. The number of nitrogens with two attached hydrogens (primary N) is 1. The average Bonchev–Trinajstić information content (AvgIpc) is 3.30. The van der Waals surface area contributed by atoms with Gasteiger partial charge in [-0.3, -0.25) is 14.6 Å². The number of aliphatic hydroxyl groups is 1. The minimum atomic E-state index is -0.748. The van der Waals surface area contributed by atoms with E-state index in [4.69, 9.17) is 5.73 Å². The van der Waals surface area contributed by atoms with Gasteiger partial charge in [-0.25, -0.2) is 4.98 Å². The van der Waals surface area contributed by atoms with Gasteiger partial charge in [-0.05, 0) is 18.4 Å². The summed E-state index contributed by atoms with van der Waals surface area (Å²) in [6, 6.07) is 2.32. The number of thiazole rings is 1. The third kappa shape index (κ3) is 4.85. The molecule has 0 bridgehead atoms. The minimum absolute atomic E-state index is 0.113. The minimum Gasteiger partial charge on any atom is -0.391 e. The Morgan fingerprint density at radius 1 is 1.37 bits per heavy atom. The number of hydrogen-bond acceptors (Lipinski definition) is 7. The van der Waals surface area contributed by atoms with Crippen molar-refractivity contribution < 1.29 is 14.7 Å². The number of carbonyl (C=O) groups is 2. The number of rotatable bonds is 5. The summed E-state index contributed by atoms with van der Waals surface area (Å²) in [6.45, 7) is 7.93. The van der Waals surface area contributed by atoms with Crippen molar-refractivity contribution in [3.63, 3.8) is 0 Å². The van der Waals surface area contributed by atoms with E-state index in [1.165, 1.54) is 4.90 Å². The molecule has 0 spiro atoms. The molecule has 30 heavy (non-hydrogen) atoms. The van der Waals surface area contributed by atoms with Crippen molar-refractivity contribution >= 4 is 23.2 Å². The van der Waals surface area contributed by atoms with Gasteiger partial charge in [-0.2, -0.15) is 0 Å². The van der Waals surface area contributed by atoms with E-state index < -0.39 is 23.6 Å². The third-order valence-corrected chi connectivity index (χ3v) is 6.32. The predicted molar refractivity (Wildman–Crippen MR) is 115 cm³/mol. The lowest BCUT2D eigenvalue weighted by Crippen LogP contribution is -2.54. The molecule has 0 radical (unpaired) electrons. The number of nitrogens with one attached hydrogen (secondary N) is 1. The largest absolute Gasteiger partial charge is 0.391 e. The molecule has 3 rings (SSSR count). The van der Waals surface area contributed by atoms with E-state index in [0.717, 1.165) is 16.1 Å². The molecule has 3 heterocycles. The first-order chi connectivity index (χ1) is 14.1. The van der Waals surface area contributed by atoms with Crippen molar-refractivity contribution in [3.05, 3.63) is 35.2 Å². The molecule has 1 aliphatic heterocycles. The Labute approximate surface area is 180 Å². The van der Waals surface area contributed by atoms with Crippen LogP contribution in [0, 0.1) is 12.3 Å². The molecule has 3 atom stereocenters. The molecule has 8 nitrogen and oxygen atoms in total. The van der Waals surface area contributed by atoms with Gasteiger partial charge in [0, 0.05) is 24.7 Å². The summed E-state index contributed by atoms with van der Waals surface area (Å²) in [7, 11) is 0. The Morgan fingerprint density at radius 3 is 2.67 bits per heavy atom. The van der Waals surface area contributed by atoms with E-state index in [2.05, 4.69) is 15.3 Å². The maximum atomic E-state index is 12.8. The van der Waals surface area contributed by atoms with Crippen LogP contribution in [0.5, 0.6) is 0 Å². The molecule has 1 aliphatic rings. The highest BCUT2D eigenvalue weighted by molar-refractivity contribution is 7.13. The maximum Gasteiger partial charge on any atom is 0.243 e. The first kappa shape index (κ1) is 22.3. The van der Waals surface area contributed by atoms with Gasteiger partial charge in [-0.1, -0.05) is 26.8 Å². The third-order valence-electron chi connectivity index (χ3n) is 5.34. The summed E-state index contributed by atoms with van der Waals surface area (Å²) in [4.78, 5) is 36.7. The smallest absolute Gasteiger partial charge is 0.243 e. The fraction of sp³-hybridized carbons (Fsp3) is 0.524. The molecule has 162 valence electrons. The van der Waals surface area contributed by atoms with Crippen LogP contribution in [0.2, 0.25) is 0 Å². The molecule has 2 amide bonds. The molecule has 9 heteroatoms. The SMILES string of the molecule is Cc1ncsc1-c1ccc(CNC(=O)[C@@H]2C[C@@H](O)CN2C(=O)[C@@H](N)C(C)(C)C)nc1. The number of hydrogen-bond donors (Lipinski definition) is 3. The first-order valence-corrected chi connectivity index (χ1v) is 10.8. The van der Waals surface area contributed by atoms with Crippen molar-refractivity contribution in [1.82, 2.24) is 20.2 Å². The second-order valence-electron chi connectivity index (χ2n) is 8.76. The van der Waals surface area contributed by atoms with Crippen LogP contribution >= 0.6 is 11.3 Å². The van der Waals surface area contributed by atoms with Crippen molar-refractivity contribution in [2.75, 3.05) is 6.54 Å². The quantitative estimate of drug-likeness (QED) is 0.659. The molecule has 0 unspecified atom stereocenters. The van der Waals surface area contributed by atoms with E-state index in [-0.39, 0.29) is 31.3 Å². The molecular weight excluding hydrogens is 402 g/mol. The van der Waals surface area contributed by atoms with Gasteiger partial charge in [0.2, 0.25) is 11.8 Å². The summed E-state index contributed by atoms with van der Waals surface area (Å²) in [5.74, 6) is -0.633. The fourth-order valence-electron chi connectivity index (χ4n) is 3.39. The highest BCUT2D eigenvalue weighted by atomic mass is 32.1. The molecule has 4 N–H and O–H groups in total. The normalized spacial score (nSPS) is 20.3. The number of amides is 2. The lowest BCUT2D eigenvalue weighted by atomic mass is 9.86. The zero-order valence-corrected chi connectivity index (χ0v) is 18.6. The molecule has 2 aromatic heterocycles. The van der Waals surface area contributed by atoms with Gasteiger partial charge in [0.15, 0.2) is 0 Å². The number of pyridine rings is 1. The van der Waals surface area contributed by atoms with Crippen LogP contribution in [0.15, 0.2) is 23.8 Å². The van der Waals surface area contributed by atoms with Crippen molar-refractivity contribution in [1.29, 1.82) is 0 Å². The van der Waals surface area contributed by atoms with Crippen molar-refractivity contribution in [2.45, 2.75) is 58.8 Å². The first-order valence-electron chi connectivity index (χ1n) is 9.95. The van der Waals surface area contributed by atoms with Crippen LogP contribution in [0.1, 0.15) is 38.6 Å². The van der Waals surface area contributed by atoms with Crippen LogP contribution in [0.25, 0.3) is 10.4 Å². The summed E-state index contributed by atoms with van der Waals surface area (Å²) in [6.07, 6.45) is 1.22. The van der Waals surface area contributed by atoms with Crippen molar-refractivity contribution in [2.24, 2.45) is 11.1 Å². The van der Waals surface area contributed by atoms with Crippen LogP contribution < -0.4 is 11.1 Å². The van der Waals surface area contributed by atoms with Crippen molar-refractivity contribution in [3.8, 4) is 10.4 Å². The Kier molecular flexibility index (Phi) is 6.54. The van der Waals surface area contributed by atoms with E-state index in [1.807, 2.05) is 39.8 Å². The monoisotopic (exact) mass is 431 g/mol. The van der Waals surface area contributed by atoms with E-state index in [0.29, 0.717) is 5.69 Å².